The first-order chi connectivity index (χ1) is 6.10. The quantitative estimate of drug-likeness (QED) is 0.601. The minimum absolute atomic E-state index is 0.136. The topological polar surface area (TPSA) is 58.4 Å². The zero-order valence-corrected chi connectivity index (χ0v) is 8.47. The molecule has 1 aliphatic carbocycles. The van der Waals surface area contributed by atoms with E-state index in [1.807, 2.05) is 19.0 Å². The molecule has 1 aliphatic rings. The molecule has 0 aromatic heterocycles. The van der Waals surface area contributed by atoms with Crippen LogP contribution in [0.15, 0.2) is 0 Å². The lowest BCUT2D eigenvalue weighted by Gasteiger charge is -2.14. The third-order valence-electron chi connectivity index (χ3n) is 2.57. The number of carbonyl (C=O) groups excluding carboxylic acids is 1. The highest BCUT2D eigenvalue weighted by Crippen LogP contribution is 2.44. The van der Waals surface area contributed by atoms with Gasteiger partial charge in [0.15, 0.2) is 0 Å². The molecule has 3 N–H and O–H groups in total. The number of rotatable bonds is 5. The molecule has 0 bridgehead atoms. The first-order valence-corrected chi connectivity index (χ1v) is 4.74. The van der Waals surface area contributed by atoms with Gasteiger partial charge in [0.25, 0.3) is 0 Å². The van der Waals surface area contributed by atoms with E-state index in [1.165, 1.54) is 0 Å². The minimum Gasteiger partial charge on any atom is -0.354 e. The van der Waals surface area contributed by atoms with Gasteiger partial charge in [0.2, 0.25) is 5.91 Å². The Hall–Kier alpha value is -0.610. The second-order valence-electron chi connectivity index (χ2n) is 4.04. The Labute approximate surface area is 79.5 Å². The molecule has 0 heterocycles. The lowest BCUT2D eigenvalue weighted by molar-refractivity contribution is -0.126. The first-order valence-electron chi connectivity index (χ1n) is 4.74. The first kappa shape index (κ1) is 10.5. The second kappa shape index (κ2) is 4.07. The molecule has 1 amide bonds. The van der Waals surface area contributed by atoms with Gasteiger partial charge in [-0.15, -0.1) is 0 Å². The van der Waals surface area contributed by atoms with Gasteiger partial charge in [0, 0.05) is 19.6 Å². The molecule has 1 saturated carbocycles. The Morgan fingerprint density at radius 2 is 2.15 bits per heavy atom. The summed E-state index contributed by atoms with van der Waals surface area (Å²) in [5.41, 5.74) is 5.33. The van der Waals surface area contributed by atoms with E-state index in [9.17, 15) is 4.79 Å². The van der Waals surface area contributed by atoms with Crippen LogP contribution in [-0.2, 0) is 4.79 Å². The van der Waals surface area contributed by atoms with Crippen molar-refractivity contribution < 1.29 is 4.79 Å². The molecule has 0 atom stereocenters. The molecule has 0 unspecified atom stereocenters. The second-order valence-corrected chi connectivity index (χ2v) is 4.04. The zero-order valence-electron chi connectivity index (χ0n) is 8.47. The molecule has 0 aliphatic heterocycles. The maximum atomic E-state index is 11.5. The lowest BCUT2D eigenvalue weighted by atomic mass is 10.1. The summed E-state index contributed by atoms with van der Waals surface area (Å²) in [6.45, 7) is 2.08. The van der Waals surface area contributed by atoms with Crippen molar-refractivity contribution in [3.8, 4) is 0 Å². The average molecular weight is 185 g/mol. The van der Waals surface area contributed by atoms with Gasteiger partial charge >= 0.3 is 0 Å². The van der Waals surface area contributed by atoms with Gasteiger partial charge in [0.1, 0.15) is 0 Å². The molecule has 13 heavy (non-hydrogen) atoms. The Balaban J connectivity index is 2.18. The van der Waals surface area contributed by atoms with Crippen molar-refractivity contribution in [3.05, 3.63) is 0 Å². The van der Waals surface area contributed by atoms with Gasteiger partial charge in [-0.1, -0.05) is 0 Å². The summed E-state index contributed by atoms with van der Waals surface area (Å²) in [4.78, 5) is 13.6. The summed E-state index contributed by atoms with van der Waals surface area (Å²) in [6.07, 6.45) is 1.91. The standard InChI is InChI=1S/C9H19N3O/c1-12(2)6-5-11-8(13)9(7-10)3-4-9/h3-7,10H2,1-2H3,(H,11,13). The van der Waals surface area contributed by atoms with Gasteiger partial charge in [-0.3, -0.25) is 4.79 Å². The number of amides is 1. The van der Waals surface area contributed by atoms with Crippen molar-refractivity contribution >= 4 is 5.91 Å². The predicted molar refractivity (Wildman–Crippen MR) is 52.3 cm³/mol. The highest BCUT2D eigenvalue weighted by atomic mass is 16.2. The number of nitrogens with two attached hydrogens (primary N) is 1. The van der Waals surface area contributed by atoms with Crippen molar-refractivity contribution in [2.45, 2.75) is 12.8 Å². The third kappa shape index (κ3) is 2.67. The summed E-state index contributed by atoms with van der Waals surface area (Å²) < 4.78 is 0. The van der Waals surface area contributed by atoms with E-state index in [-0.39, 0.29) is 11.3 Å². The third-order valence-corrected chi connectivity index (χ3v) is 2.57. The number of hydrogen-bond acceptors (Lipinski definition) is 3. The molecule has 4 heteroatoms. The average Bonchev–Trinajstić information content (AvgIpc) is 2.83. The SMILES string of the molecule is CN(C)CCNC(=O)C1(CN)CC1. The van der Waals surface area contributed by atoms with E-state index in [4.69, 9.17) is 5.73 Å². The highest BCUT2D eigenvalue weighted by molar-refractivity contribution is 5.85. The molecule has 0 aromatic carbocycles. The fraction of sp³-hybridized carbons (Fsp3) is 0.889. The smallest absolute Gasteiger partial charge is 0.227 e. The van der Waals surface area contributed by atoms with Crippen LogP contribution in [0.3, 0.4) is 0 Å². The van der Waals surface area contributed by atoms with Crippen LogP contribution in [0.1, 0.15) is 12.8 Å². The summed E-state index contributed by atoms with van der Waals surface area (Å²) in [6, 6.07) is 0. The van der Waals surface area contributed by atoms with E-state index in [2.05, 4.69) is 5.32 Å². The Bertz CT molecular complexity index is 187. The van der Waals surface area contributed by atoms with E-state index < -0.39 is 0 Å². The number of nitrogens with one attached hydrogen (secondary N) is 1. The van der Waals surface area contributed by atoms with E-state index in [1.54, 1.807) is 0 Å². The molecule has 0 spiro atoms. The van der Waals surface area contributed by atoms with Crippen molar-refractivity contribution in [3.63, 3.8) is 0 Å². The van der Waals surface area contributed by atoms with E-state index in [0.717, 1.165) is 19.4 Å². The molecule has 1 fully saturated rings. The van der Waals surface area contributed by atoms with Crippen LogP contribution < -0.4 is 11.1 Å². The van der Waals surface area contributed by atoms with Crippen LogP contribution in [0.5, 0.6) is 0 Å². The van der Waals surface area contributed by atoms with E-state index >= 15 is 0 Å². The maximum Gasteiger partial charge on any atom is 0.227 e. The zero-order chi connectivity index (χ0) is 9.90. The minimum atomic E-state index is -0.202. The van der Waals surface area contributed by atoms with Crippen LogP contribution in [0.4, 0.5) is 0 Å². The lowest BCUT2D eigenvalue weighted by Crippen LogP contribution is -2.39. The maximum absolute atomic E-state index is 11.5. The largest absolute Gasteiger partial charge is 0.354 e. The molecule has 76 valence electrons. The highest BCUT2D eigenvalue weighted by Gasteiger charge is 2.48. The summed E-state index contributed by atoms with van der Waals surface area (Å²) >= 11 is 0. The van der Waals surface area contributed by atoms with Crippen molar-refractivity contribution in [1.82, 2.24) is 10.2 Å². The van der Waals surface area contributed by atoms with Gasteiger partial charge < -0.3 is 16.0 Å². The number of carbonyl (C=O) groups is 1. The van der Waals surface area contributed by atoms with Gasteiger partial charge in [-0.2, -0.15) is 0 Å². The molecule has 0 saturated heterocycles. The summed E-state index contributed by atoms with van der Waals surface area (Å²) in [5.74, 6) is 0.136. The molecule has 0 aromatic rings. The number of hydrogen-bond donors (Lipinski definition) is 2. The van der Waals surface area contributed by atoms with Gasteiger partial charge in [0.05, 0.1) is 5.41 Å². The fourth-order valence-corrected chi connectivity index (χ4v) is 1.26. The Morgan fingerprint density at radius 1 is 1.54 bits per heavy atom. The normalized spacial score (nSPS) is 18.8. The molecular formula is C9H19N3O. The predicted octanol–water partition coefficient (Wildman–Crippen LogP) is -0.597. The summed E-state index contributed by atoms with van der Waals surface area (Å²) in [5, 5.41) is 2.91. The summed E-state index contributed by atoms with van der Waals surface area (Å²) in [7, 11) is 3.98. The monoisotopic (exact) mass is 185 g/mol. The van der Waals surface area contributed by atoms with Crippen LogP contribution in [-0.4, -0.2) is 44.5 Å². The van der Waals surface area contributed by atoms with Crippen molar-refractivity contribution in [2.24, 2.45) is 11.1 Å². The number of nitrogens with zero attached hydrogens (tertiary/aromatic N) is 1. The fourth-order valence-electron chi connectivity index (χ4n) is 1.26. The number of likely N-dealkylation sites (N-methyl/N-ethyl adjacent to an activating group) is 1. The molecule has 1 rings (SSSR count). The van der Waals surface area contributed by atoms with E-state index in [0.29, 0.717) is 13.1 Å². The molecule has 4 nitrogen and oxygen atoms in total. The van der Waals surface area contributed by atoms with Gasteiger partial charge in [-0.05, 0) is 26.9 Å². The molecular weight excluding hydrogens is 166 g/mol. The van der Waals surface area contributed by atoms with Crippen LogP contribution in [0.2, 0.25) is 0 Å². The van der Waals surface area contributed by atoms with Crippen LogP contribution in [0.25, 0.3) is 0 Å². The van der Waals surface area contributed by atoms with Crippen LogP contribution >= 0.6 is 0 Å². The van der Waals surface area contributed by atoms with Crippen molar-refractivity contribution in [2.75, 3.05) is 33.7 Å². The van der Waals surface area contributed by atoms with Crippen molar-refractivity contribution in [1.29, 1.82) is 0 Å². The Morgan fingerprint density at radius 3 is 2.54 bits per heavy atom. The van der Waals surface area contributed by atoms with Gasteiger partial charge in [-0.25, -0.2) is 0 Å². The molecule has 0 radical (unpaired) electrons. The van der Waals surface area contributed by atoms with Crippen LogP contribution in [0, 0.1) is 5.41 Å². The Kier molecular flexibility index (Phi) is 3.27.